The molecule has 2 aromatic heterocycles. The molecule has 426 valence electrons. The first-order chi connectivity index (χ1) is 36.9. The molecule has 0 radical (unpaired) electrons. The van der Waals surface area contributed by atoms with Crippen LogP contribution in [-0.2, 0) is 30.4 Å². The second kappa shape index (κ2) is 29.9. The molecule has 2 aliphatic carbocycles. The molecule has 1 aromatic carbocycles. The van der Waals surface area contributed by atoms with Gasteiger partial charge in [-0.1, -0.05) is 81.7 Å². The predicted octanol–water partition coefficient (Wildman–Crippen LogP) is 7.06. The van der Waals surface area contributed by atoms with Crippen LogP contribution < -0.4 is 43.0 Å². The van der Waals surface area contributed by atoms with Crippen molar-refractivity contribution < 1.29 is 47.3 Å². The van der Waals surface area contributed by atoms with Crippen molar-refractivity contribution in [2.45, 2.75) is 110 Å². The first-order valence-electron chi connectivity index (χ1n) is 26.5. The lowest BCUT2D eigenvalue weighted by molar-refractivity contribution is -0.125. The molecule has 4 amide bonds. The molecule has 2 saturated heterocycles. The fraction of sp³-hybridized carbons (Fsp3) is 0.647. The number of carbonyl (C=O) groups excluding carboxylic acids is 3. The second-order valence-corrected chi connectivity index (χ2v) is 21.7. The number of benzene rings is 1. The molecule has 4 fully saturated rings. The fourth-order valence-electron chi connectivity index (χ4n) is 9.90. The number of hydrogen-bond donors (Lipinski definition) is 9. The molecule has 2 saturated carbocycles. The molecule has 4 aliphatic rings. The minimum atomic E-state index is -1.20. The Balaban J connectivity index is 0.000000254. The molecule has 9 N–H and O–H groups in total. The van der Waals surface area contributed by atoms with Gasteiger partial charge in [-0.25, -0.2) is 9.59 Å². The molecular weight excluding hydrogens is 1050 g/mol. The number of amides is 4. The number of carbonyl (C=O) groups is 4. The van der Waals surface area contributed by atoms with E-state index in [0.717, 1.165) is 83.1 Å². The second-order valence-electron chi connectivity index (χ2n) is 21.1. The van der Waals surface area contributed by atoms with Crippen LogP contribution in [0.25, 0.3) is 0 Å². The lowest BCUT2D eigenvalue weighted by atomic mass is 9.92. The Hall–Kier alpha value is -5.66. The number of ether oxygens (including phenoxy) is 3. The quantitative estimate of drug-likeness (QED) is 0.0321. The number of aromatic nitrogens is 4. The van der Waals surface area contributed by atoms with Gasteiger partial charge in [0.05, 0.1) is 38.3 Å². The van der Waals surface area contributed by atoms with Gasteiger partial charge in [0.15, 0.2) is 23.3 Å². The number of alkyl carbamates (subject to hydrolysis) is 1. The molecule has 2 aliphatic heterocycles. The summed E-state index contributed by atoms with van der Waals surface area (Å²) in [5, 5.41) is 19.6. The number of halogens is 4. The van der Waals surface area contributed by atoms with E-state index in [9.17, 15) is 19.2 Å². The highest BCUT2D eigenvalue weighted by molar-refractivity contribution is 6.28. The van der Waals surface area contributed by atoms with Crippen LogP contribution in [0.15, 0.2) is 30.3 Å². The molecule has 2 atom stereocenters. The predicted molar refractivity (Wildman–Crippen MR) is 288 cm³/mol. The van der Waals surface area contributed by atoms with Crippen LogP contribution in [0.2, 0.25) is 10.6 Å². The van der Waals surface area contributed by atoms with E-state index in [2.05, 4.69) is 86.6 Å². The molecule has 77 heavy (non-hydrogen) atoms. The summed E-state index contributed by atoms with van der Waals surface area (Å²) in [6.07, 6.45) is 7.84. The lowest BCUT2D eigenvalue weighted by Crippen LogP contribution is -2.53. The number of hydrogen-bond acceptors (Lipinski definition) is 17. The highest BCUT2D eigenvalue weighted by atomic mass is 35.5. The standard InChI is InChI=1S/C29H41ClFN7O4.C22H35ClFN7O4/c1-29(2,38-12-14-41-15-13-38)19-33-24-23(31)25(35-27(30)34-24)36-37-26(39)22(16-20-8-6-7-9-20)17-32-28(40)42-18-21-10-4-3-5-11-21;1-22(2,31-7-9-35-10-8-31)13-26-17-16(24)18(28-20(23)27-17)29-30-19(32)15(12-25-21(33)34)11-14-5-3-4-6-14/h3-5,10-11,20,22H,6-9,12-19H2,1-2H3,(H,32,40)(H,37,39)(H2,33,34,35,36);14-15,25H,3-13H2,1-2H3,(H,30,32)(H,33,34)(H2,26,27,28,29)/t22-;15-/m11/s1. The SMILES string of the molecule is CC(C)(CNc1nc(Cl)nc(NNC(=O)[C@@H](CNC(=O)O)CC2CCCC2)c1F)N1CCOCC1.CC(C)(CNc1nc(Cl)nc(NNC(=O)[C@@H](CNC(=O)OCc2ccccc2)CC2CCCC2)c1F)N1CCOCC1. The molecular formula is C51H76Cl2F2N14O8. The highest BCUT2D eigenvalue weighted by Gasteiger charge is 2.32. The van der Waals surface area contributed by atoms with Crippen LogP contribution in [-0.4, -0.2) is 149 Å². The zero-order chi connectivity index (χ0) is 55.4. The number of anilines is 4. The molecule has 7 rings (SSSR count). The van der Waals surface area contributed by atoms with Gasteiger partial charge in [-0.15, -0.1) is 0 Å². The normalized spacial score (nSPS) is 17.5. The van der Waals surface area contributed by atoms with E-state index in [1.54, 1.807) is 0 Å². The van der Waals surface area contributed by atoms with Gasteiger partial charge in [0.2, 0.25) is 34.0 Å². The van der Waals surface area contributed by atoms with Crippen LogP contribution in [0.1, 0.15) is 97.5 Å². The maximum atomic E-state index is 15.4. The zero-order valence-electron chi connectivity index (χ0n) is 44.5. The number of rotatable bonds is 24. The van der Waals surface area contributed by atoms with Gasteiger partial charge in [-0.3, -0.25) is 41.1 Å². The molecule has 0 bridgehead atoms. The van der Waals surface area contributed by atoms with Crippen LogP contribution in [0, 0.1) is 35.3 Å². The first-order valence-corrected chi connectivity index (χ1v) is 27.2. The maximum Gasteiger partial charge on any atom is 0.407 e. The number of hydrazine groups is 2. The Bertz CT molecular complexity index is 2380. The van der Waals surface area contributed by atoms with Crippen LogP contribution in [0.4, 0.5) is 41.6 Å². The summed E-state index contributed by atoms with van der Waals surface area (Å²) in [7, 11) is 0. The summed E-state index contributed by atoms with van der Waals surface area (Å²) >= 11 is 12.1. The lowest BCUT2D eigenvalue weighted by Gasteiger charge is -2.41. The minimum Gasteiger partial charge on any atom is -0.465 e. The Morgan fingerprint density at radius 1 is 0.662 bits per heavy atom. The smallest absolute Gasteiger partial charge is 0.407 e. The highest BCUT2D eigenvalue weighted by Crippen LogP contribution is 2.32. The Morgan fingerprint density at radius 2 is 1.06 bits per heavy atom. The van der Waals surface area contributed by atoms with Gasteiger partial charge < -0.3 is 40.6 Å². The molecule has 3 aromatic rings. The van der Waals surface area contributed by atoms with E-state index >= 15 is 8.78 Å². The van der Waals surface area contributed by atoms with Gasteiger partial charge >= 0.3 is 12.2 Å². The summed E-state index contributed by atoms with van der Waals surface area (Å²) in [5.74, 6) is -3.54. The van der Waals surface area contributed by atoms with Crippen LogP contribution in [0.3, 0.4) is 0 Å². The molecule has 4 heterocycles. The number of morpholine rings is 2. The average molecular weight is 1120 g/mol. The summed E-state index contributed by atoms with van der Waals surface area (Å²) < 4.78 is 46.6. The minimum absolute atomic E-state index is 0.0320. The molecule has 0 spiro atoms. The topological polar surface area (TPSA) is 270 Å². The summed E-state index contributed by atoms with van der Waals surface area (Å²) in [6.45, 7) is 14.9. The average Bonchev–Trinajstić information content (AvgIpc) is 4.16. The third kappa shape index (κ3) is 19.6. The van der Waals surface area contributed by atoms with E-state index in [4.69, 9.17) is 42.5 Å². The van der Waals surface area contributed by atoms with Crippen LogP contribution >= 0.6 is 23.2 Å². The molecule has 0 unspecified atom stereocenters. The fourth-order valence-corrected chi connectivity index (χ4v) is 10.2. The van der Waals surface area contributed by atoms with Crippen molar-refractivity contribution in [1.82, 2.24) is 51.2 Å². The molecule has 26 heteroatoms. The summed E-state index contributed by atoms with van der Waals surface area (Å²) in [5.41, 5.74) is 10.4. The van der Waals surface area contributed by atoms with Crippen molar-refractivity contribution in [3.63, 3.8) is 0 Å². The van der Waals surface area contributed by atoms with Gasteiger partial charge in [-0.2, -0.15) is 28.7 Å². The van der Waals surface area contributed by atoms with E-state index in [1.807, 2.05) is 44.2 Å². The Morgan fingerprint density at radius 3 is 1.48 bits per heavy atom. The van der Waals surface area contributed by atoms with Crippen LogP contribution in [0.5, 0.6) is 0 Å². The molecule has 22 nitrogen and oxygen atoms in total. The largest absolute Gasteiger partial charge is 0.465 e. The van der Waals surface area contributed by atoms with Gasteiger partial charge in [0, 0.05) is 63.4 Å². The van der Waals surface area contributed by atoms with E-state index < -0.39 is 47.5 Å². The number of nitrogens with one attached hydrogen (secondary N) is 8. The summed E-state index contributed by atoms with van der Waals surface area (Å²) in [6, 6.07) is 9.34. The van der Waals surface area contributed by atoms with E-state index in [0.29, 0.717) is 64.2 Å². The zero-order valence-corrected chi connectivity index (χ0v) is 46.0. The monoisotopic (exact) mass is 1120 g/mol. The van der Waals surface area contributed by atoms with Crippen molar-refractivity contribution in [3.05, 3.63) is 58.1 Å². The van der Waals surface area contributed by atoms with E-state index in [1.165, 1.54) is 0 Å². The van der Waals surface area contributed by atoms with Crippen molar-refractivity contribution in [3.8, 4) is 0 Å². The van der Waals surface area contributed by atoms with Gasteiger partial charge in [-0.05, 0) is 81.1 Å². The van der Waals surface area contributed by atoms with E-state index in [-0.39, 0.29) is 64.6 Å². The van der Waals surface area contributed by atoms with Crippen molar-refractivity contribution in [2.24, 2.45) is 23.7 Å². The van der Waals surface area contributed by atoms with Gasteiger partial charge in [0.1, 0.15) is 6.61 Å². The third-order valence-electron chi connectivity index (χ3n) is 14.5. The summed E-state index contributed by atoms with van der Waals surface area (Å²) in [4.78, 5) is 69.5. The Labute approximate surface area is 458 Å². The first kappa shape index (κ1) is 60.6. The third-order valence-corrected chi connectivity index (χ3v) is 14.8. The van der Waals surface area contributed by atoms with Gasteiger partial charge in [0.25, 0.3) is 0 Å². The Kier molecular flexibility index (Phi) is 23.5. The number of nitrogens with zero attached hydrogens (tertiary/aromatic N) is 6. The number of carboxylic acid groups (broad SMARTS) is 1. The van der Waals surface area contributed by atoms with Crippen molar-refractivity contribution >= 4 is 70.5 Å². The van der Waals surface area contributed by atoms with Crippen molar-refractivity contribution in [2.75, 3.05) is 100 Å². The van der Waals surface area contributed by atoms with Crippen molar-refractivity contribution in [1.29, 1.82) is 0 Å². The maximum absolute atomic E-state index is 15.4.